The summed E-state index contributed by atoms with van der Waals surface area (Å²) in [5, 5.41) is 4.03. The van der Waals surface area contributed by atoms with Gasteiger partial charge in [0, 0.05) is 22.1 Å². The fourth-order valence-corrected chi connectivity index (χ4v) is 3.20. The number of benzene rings is 1. The number of thiazole rings is 1. The van der Waals surface area contributed by atoms with E-state index in [1.807, 2.05) is 12.3 Å². The number of nitrogens with zero attached hydrogens (tertiary/aromatic N) is 1. The van der Waals surface area contributed by atoms with Crippen LogP contribution in [-0.2, 0) is 6.54 Å². The minimum absolute atomic E-state index is 0.244. The number of rotatable bonds is 5. The molecule has 0 saturated heterocycles. The third-order valence-corrected chi connectivity index (χ3v) is 4.13. The summed E-state index contributed by atoms with van der Waals surface area (Å²) in [4.78, 5) is 5.41. The van der Waals surface area contributed by atoms with Crippen molar-refractivity contribution in [1.82, 2.24) is 10.3 Å². The molecule has 0 aliphatic heterocycles. The molecular weight excluding hydrogens is 315 g/mol. The summed E-state index contributed by atoms with van der Waals surface area (Å²) in [6.07, 6.45) is 2.91. The molecule has 0 atom stereocenters. The van der Waals surface area contributed by atoms with Crippen molar-refractivity contribution in [3.8, 4) is 10.6 Å². The van der Waals surface area contributed by atoms with E-state index >= 15 is 0 Å². The largest absolute Gasteiger partial charge is 0.312 e. The van der Waals surface area contributed by atoms with Gasteiger partial charge in [-0.1, -0.05) is 13.0 Å². The predicted octanol–water partition coefficient (Wildman–Crippen LogP) is 4.21. The van der Waals surface area contributed by atoms with Crippen LogP contribution in [0.5, 0.6) is 0 Å². The van der Waals surface area contributed by atoms with Crippen LogP contribution >= 0.6 is 27.3 Å². The first-order valence-electron chi connectivity index (χ1n) is 5.82. The second kappa shape index (κ2) is 6.41. The van der Waals surface area contributed by atoms with Gasteiger partial charge in [-0.25, -0.2) is 9.37 Å². The lowest BCUT2D eigenvalue weighted by molar-refractivity contribution is 0.630. The Bertz CT molecular complexity index is 507. The first-order chi connectivity index (χ1) is 8.72. The van der Waals surface area contributed by atoms with Gasteiger partial charge >= 0.3 is 0 Å². The predicted molar refractivity (Wildman–Crippen MR) is 77.2 cm³/mol. The van der Waals surface area contributed by atoms with Gasteiger partial charge in [0.15, 0.2) is 0 Å². The van der Waals surface area contributed by atoms with Gasteiger partial charge in [0.05, 0.1) is 5.56 Å². The van der Waals surface area contributed by atoms with Crippen LogP contribution in [0.3, 0.4) is 0 Å². The maximum atomic E-state index is 13.8. The monoisotopic (exact) mass is 328 g/mol. The number of aromatic nitrogens is 1. The highest BCUT2D eigenvalue weighted by Crippen LogP contribution is 2.33. The average molecular weight is 329 g/mol. The highest BCUT2D eigenvalue weighted by Gasteiger charge is 2.12. The smallest absolute Gasteiger partial charge is 0.134 e. The topological polar surface area (TPSA) is 24.9 Å². The second-order valence-corrected chi connectivity index (χ2v) is 5.87. The molecule has 0 aliphatic rings. The highest BCUT2D eigenvalue weighted by molar-refractivity contribution is 9.10. The Morgan fingerprint density at radius 3 is 3.00 bits per heavy atom. The molecule has 0 unspecified atom stereocenters. The lowest BCUT2D eigenvalue weighted by Gasteiger charge is -2.01. The number of nitrogens with one attached hydrogen (secondary N) is 1. The summed E-state index contributed by atoms with van der Waals surface area (Å²) in [5.41, 5.74) is 0.546. The van der Waals surface area contributed by atoms with Gasteiger partial charge in [0.2, 0.25) is 0 Å². The van der Waals surface area contributed by atoms with E-state index in [0.29, 0.717) is 10.6 Å². The van der Waals surface area contributed by atoms with E-state index in [1.165, 1.54) is 17.4 Å². The molecule has 0 bridgehead atoms. The lowest BCUT2D eigenvalue weighted by Crippen LogP contribution is -2.12. The Balaban J connectivity index is 2.19. The molecule has 1 aromatic heterocycles. The molecule has 0 saturated carbocycles. The second-order valence-electron chi connectivity index (χ2n) is 3.91. The Hall–Kier alpha value is -0.780. The first kappa shape index (κ1) is 13.6. The molecule has 18 heavy (non-hydrogen) atoms. The molecule has 0 spiro atoms. The van der Waals surface area contributed by atoms with Gasteiger partial charge in [-0.05, 0) is 41.0 Å². The zero-order chi connectivity index (χ0) is 13.0. The van der Waals surface area contributed by atoms with Gasteiger partial charge in [0.25, 0.3) is 0 Å². The van der Waals surface area contributed by atoms with Crippen LogP contribution in [0.15, 0.2) is 28.9 Å². The van der Waals surface area contributed by atoms with Gasteiger partial charge in [-0.15, -0.1) is 11.3 Å². The zero-order valence-corrected chi connectivity index (χ0v) is 12.4. The molecule has 0 radical (unpaired) electrons. The molecule has 96 valence electrons. The van der Waals surface area contributed by atoms with Crippen LogP contribution in [0, 0.1) is 5.82 Å². The van der Waals surface area contributed by atoms with Crippen molar-refractivity contribution < 1.29 is 4.39 Å². The van der Waals surface area contributed by atoms with Crippen molar-refractivity contribution in [3.05, 3.63) is 39.6 Å². The number of hydrogen-bond acceptors (Lipinski definition) is 3. The van der Waals surface area contributed by atoms with Crippen molar-refractivity contribution in [3.63, 3.8) is 0 Å². The standard InChI is InChI=1S/C13H14BrFN2S/c1-2-6-16-7-9-8-17-13(18-9)12-10(14)4-3-5-11(12)15/h3-5,8,16H,2,6-7H2,1H3. The Morgan fingerprint density at radius 2 is 2.28 bits per heavy atom. The third kappa shape index (κ3) is 3.16. The van der Waals surface area contributed by atoms with Crippen LogP contribution in [0.25, 0.3) is 10.6 Å². The van der Waals surface area contributed by atoms with Crippen LogP contribution < -0.4 is 5.32 Å². The van der Waals surface area contributed by atoms with Crippen molar-refractivity contribution in [2.75, 3.05) is 6.54 Å². The SMILES string of the molecule is CCCNCc1cnc(-c2c(F)cccc2Br)s1. The van der Waals surface area contributed by atoms with Crippen LogP contribution in [0.1, 0.15) is 18.2 Å². The Kier molecular flexibility index (Phi) is 4.86. The first-order valence-corrected chi connectivity index (χ1v) is 7.43. The van der Waals surface area contributed by atoms with E-state index in [1.54, 1.807) is 6.07 Å². The van der Waals surface area contributed by atoms with Crippen molar-refractivity contribution in [2.45, 2.75) is 19.9 Å². The average Bonchev–Trinajstić information content (AvgIpc) is 2.78. The normalized spacial score (nSPS) is 10.8. The summed E-state index contributed by atoms with van der Waals surface area (Å²) in [7, 11) is 0. The summed E-state index contributed by atoms with van der Waals surface area (Å²) in [6.45, 7) is 3.90. The molecule has 5 heteroatoms. The maximum absolute atomic E-state index is 13.8. The van der Waals surface area contributed by atoms with Crippen LogP contribution in [0.4, 0.5) is 4.39 Å². The highest BCUT2D eigenvalue weighted by atomic mass is 79.9. The van der Waals surface area contributed by atoms with E-state index in [0.717, 1.165) is 28.9 Å². The van der Waals surface area contributed by atoms with E-state index in [2.05, 4.69) is 33.2 Å². The van der Waals surface area contributed by atoms with E-state index in [-0.39, 0.29) is 5.82 Å². The van der Waals surface area contributed by atoms with E-state index in [9.17, 15) is 4.39 Å². The molecule has 0 fully saturated rings. The molecule has 1 N–H and O–H groups in total. The lowest BCUT2D eigenvalue weighted by atomic mass is 10.2. The summed E-state index contributed by atoms with van der Waals surface area (Å²) < 4.78 is 14.5. The van der Waals surface area contributed by atoms with Gasteiger partial charge in [-0.3, -0.25) is 0 Å². The van der Waals surface area contributed by atoms with E-state index in [4.69, 9.17) is 0 Å². The maximum Gasteiger partial charge on any atom is 0.134 e. The molecule has 0 aliphatic carbocycles. The molecule has 1 aromatic carbocycles. The van der Waals surface area contributed by atoms with Crippen molar-refractivity contribution in [2.24, 2.45) is 0 Å². The summed E-state index contributed by atoms with van der Waals surface area (Å²) in [6, 6.07) is 4.96. The van der Waals surface area contributed by atoms with Gasteiger partial charge in [-0.2, -0.15) is 0 Å². The number of halogens is 2. The quantitative estimate of drug-likeness (QED) is 0.831. The molecule has 2 rings (SSSR count). The van der Waals surface area contributed by atoms with Crippen LogP contribution in [-0.4, -0.2) is 11.5 Å². The fraction of sp³-hybridized carbons (Fsp3) is 0.308. The fourth-order valence-electron chi connectivity index (χ4n) is 1.60. The third-order valence-electron chi connectivity index (χ3n) is 2.46. The molecule has 0 amide bonds. The summed E-state index contributed by atoms with van der Waals surface area (Å²) in [5.74, 6) is -0.244. The number of hydrogen-bond donors (Lipinski definition) is 1. The van der Waals surface area contributed by atoms with Gasteiger partial charge < -0.3 is 5.32 Å². The molecule has 2 nitrogen and oxygen atoms in total. The molecular formula is C13H14BrFN2S. The molecule has 1 heterocycles. The Labute approximate surface area is 118 Å². The van der Waals surface area contributed by atoms with Crippen molar-refractivity contribution in [1.29, 1.82) is 0 Å². The van der Waals surface area contributed by atoms with Crippen LogP contribution in [0.2, 0.25) is 0 Å². The van der Waals surface area contributed by atoms with Gasteiger partial charge in [0.1, 0.15) is 10.8 Å². The minimum atomic E-state index is -0.244. The van der Waals surface area contributed by atoms with Crippen molar-refractivity contribution >= 4 is 27.3 Å². The van der Waals surface area contributed by atoms with E-state index < -0.39 is 0 Å². The molecule has 2 aromatic rings. The Morgan fingerprint density at radius 1 is 1.44 bits per heavy atom. The minimum Gasteiger partial charge on any atom is -0.312 e. The zero-order valence-electron chi connectivity index (χ0n) is 10.0. The summed E-state index contributed by atoms with van der Waals surface area (Å²) >= 11 is 4.89.